The first-order valence-electron chi connectivity index (χ1n) is 9.25. The molecule has 0 aliphatic heterocycles. The highest BCUT2D eigenvalue weighted by Crippen LogP contribution is 2.42. The SMILES string of the molecule is Cc1cc(COc2ccc(CC3CC3C(=O)NO)cc2Br)c2ccccc2n1. The van der Waals surface area contributed by atoms with Gasteiger partial charge < -0.3 is 4.74 Å². The summed E-state index contributed by atoms with van der Waals surface area (Å²) in [6.45, 7) is 2.45. The Hall–Kier alpha value is -2.44. The minimum atomic E-state index is -0.288. The Morgan fingerprint density at radius 1 is 1.29 bits per heavy atom. The van der Waals surface area contributed by atoms with Crippen LogP contribution in [0.25, 0.3) is 10.9 Å². The number of rotatable bonds is 6. The van der Waals surface area contributed by atoms with Gasteiger partial charge in [0, 0.05) is 22.6 Å². The van der Waals surface area contributed by atoms with Gasteiger partial charge in [0.25, 0.3) is 0 Å². The van der Waals surface area contributed by atoms with Crippen molar-refractivity contribution in [2.75, 3.05) is 0 Å². The van der Waals surface area contributed by atoms with Gasteiger partial charge in [-0.15, -0.1) is 0 Å². The summed E-state index contributed by atoms with van der Waals surface area (Å²) in [5, 5.41) is 9.82. The van der Waals surface area contributed by atoms with Crippen molar-refractivity contribution in [2.24, 2.45) is 11.8 Å². The zero-order valence-corrected chi connectivity index (χ0v) is 17.1. The molecule has 4 rings (SSSR count). The van der Waals surface area contributed by atoms with Gasteiger partial charge in [-0.25, -0.2) is 5.48 Å². The van der Waals surface area contributed by atoms with Crippen molar-refractivity contribution in [3.8, 4) is 5.75 Å². The monoisotopic (exact) mass is 440 g/mol. The fraction of sp³-hybridized carbons (Fsp3) is 0.273. The first-order valence-corrected chi connectivity index (χ1v) is 10.0. The number of nitrogens with one attached hydrogen (secondary N) is 1. The molecule has 2 unspecified atom stereocenters. The van der Waals surface area contributed by atoms with Crippen molar-refractivity contribution in [1.29, 1.82) is 0 Å². The molecule has 1 amide bonds. The minimum absolute atomic E-state index is 0.0806. The number of hydroxylamine groups is 1. The van der Waals surface area contributed by atoms with Crippen LogP contribution in [0.4, 0.5) is 0 Å². The summed E-state index contributed by atoms with van der Waals surface area (Å²) in [4.78, 5) is 16.0. The molecule has 6 heteroatoms. The Bertz CT molecular complexity index is 1040. The molecule has 2 aromatic carbocycles. The summed E-state index contributed by atoms with van der Waals surface area (Å²) in [5.41, 5.74) is 5.93. The van der Waals surface area contributed by atoms with Crippen molar-refractivity contribution >= 4 is 32.7 Å². The molecule has 1 aliphatic carbocycles. The second kappa shape index (κ2) is 7.89. The average molecular weight is 441 g/mol. The average Bonchev–Trinajstić information content (AvgIpc) is 3.45. The molecule has 144 valence electrons. The van der Waals surface area contributed by atoms with Crippen molar-refractivity contribution in [1.82, 2.24) is 10.5 Å². The van der Waals surface area contributed by atoms with Gasteiger partial charge >= 0.3 is 0 Å². The number of fused-ring (bicyclic) bond motifs is 1. The second-order valence-corrected chi connectivity index (χ2v) is 8.13. The predicted octanol–water partition coefficient (Wildman–Crippen LogP) is 4.57. The summed E-state index contributed by atoms with van der Waals surface area (Å²) in [7, 11) is 0. The van der Waals surface area contributed by atoms with Crippen LogP contribution in [0.15, 0.2) is 53.0 Å². The number of aryl methyl sites for hydroxylation is 1. The fourth-order valence-corrected chi connectivity index (χ4v) is 4.18. The summed E-state index contributed by atoms with van der Waals surface area (Å²) in [6, 6.07) is 16.2. The van der Waals surface area contributed by atoms with Crippen molar-refractivity contribution in [3.63, 3.8) is 0 Å². The van der Waals surface area contributed by atoms with Crippen LogP contribution in [0.1, 0.15) is 23.2 Å². The number of aromatic nitrogens is 1. The van der Waals surface area contributed by atoms with Crippen LogP contribution in [0.2, 0.25) is 0 Å². The standard InChI is InChI=1S/C22H21BrN2O3/c1-13-8-16(17-4-2-3-5-20(17)24-13)12-28-21-7-6-14(10-19(21)23)9-15-11-18(15)22(26)25-27/h2-8,10,15,18,27H,9,11-12H2,1H3,(H,25,26). The minimum Gasteiger partial charge on any atom is -0.488 e. The number of benzene rings is 2. The lowest BCUT2D eigenvalue weighted by molar-refractivity contribution is -0.130. The Morgan fingerprint density at radius 3 is 2.89 bits per heavy atom. The molecular formula is C22H21BrN2O3. The Balaban J connectivity index is 1.44. The van der Waals surface area contributed by atoms with Gasteiger partial charge in [-0.05, 0) is 71.4 Å². The molecule has 1 aromatic heterocycles. The summed E-state index contributed by atoms with van der Waals surface area (Å²) in [6.07, 6.45) is 1.63. The number of carbonyl (C=O) groups is 1. The highest BCUT2D eigenvalue weighted by Gasteiger charge is 2.42. The number of pyridine rings is 1. The number of halogens is 1. The molecule has 1 aliphatic rings. The highest BCUT2D eigenvalue weighted by atomic mass is 79.9. The van der Waals surface area contributed by atoms with Gasteiger partial charge in [-0.2, -0.15) is 0 Å². The van der Waals surface area contributed by atoms with E-state index in [9.17, 15) is 4.79 Å². The second-order valence-electron chi connectivity index (χ2n) is 7.28. The first kappa shape index (κ1) is 18.9. The molecule has 5 nitrogen and oxygen atoms in total. The third-order valence-corrected chi connectivity index (χ3v) is 5.80. The van der Waals surface area contributed by atoms with Gasteiger partial charge in [0.05, 0.1) is 9.99 Å². The first-order chi connectivity index (χ1) is 13.5. The zero-order valence-electron chi connectivity index (χ0n) is 15.5. The van der Waals surface area contributed by atoms with E-state index >= 15 is 0 Å². The molecular weight excluding hydrogens is 420 g/mol. The molecule has 0 bridgehead atoms. The maximum atomic E-state index is 11.4. The van der Waals surface area contributed by atoms with E-state index < -0.39 is 0 Å². The van der Waals surface area contributed by atoms with Crippen molar-refractivity contribution in [2.45, 2.75) is 26.4 Å². The molecule has 1 fully saturated rings. The lowest BCUT2D eigenvalue weighted by Gasteiger charge is -2.12. The lowest BCUT2D eigenvalue weighted by Crippen LogP contribution is -2.21. The van der Waals surface area contributed by atoms with Crippen LogP contribution in [0, 0.1) is 18.8 Å². The maximum Gasteiger partial charge on any atom is 0.246 e. The highest BCUT2D eigenvalue weighted by molar-refractivity contribution is 9.10. The molecule has 0 spiro atoms. The van der Waals surface area contributed by atoms with Gasteiger partial charge in [0.1, 0.15) is 12.4 Å². The quantitative estimate of drug-likeness (QED) is 0.434. The fourth-order valence-electron chi connectivity index (χ4n) is 3.64. The van der Waals surface area contributed by atoms with Crippen LogP contribution in [-0.2, 0) is 17.8 Å². The van der Waals surface area contributed by atoms with Crippen molar-refractivity contribution in [3.05, 3.63) is 69.8 Å². The van der Waals surface area contributed by atoms with Crippen molar-refractivity contribution < 1.29 is 14.7 Å². The van der Waals surface area contributed by atoms with E-state index in [4.69, 9.17) is 9.94 Å². The predicted molar refractivity (Wildman–Crippen MR) is 110 cm³/mol. The molecule has 2 N–H and O–H groups in total. The third kappa shape index (κ3) is 4.03. The smallest absolute Gasteiger partial charge is 0.246 e. The molecule has 28 heavy (non-hydrogen) atoms. The van der Waals surface area contributed by atoms with Gasteiger partial charge in [0.15, 0.2) is 0 Å². The number of hydrogen-bond acceptors (Lipinski definition) is 4. The summed E-state index contributed by atoms with van der Waals surface area (Å²) < 4.78 is 6.96. The van der Waals surface area contributed by atoms with E-state index in [-0.39, 0.29) is 17.7 Å². The Morgan fingerprint density at radius 2 is 2.11 bits per heavy atom. The normalized spacial score (nSPS) is 18.1. The Labute approximate surface area is 171 Å². The molecule has 0 radical (unpaired) electrons. The number of para-hydroxylation sites is 1. The maximum absolute atomic E-state index is 11.4. The zero-order chi connectivity index (χ0) is 19.7. The van der Waals surface area contributed by atoms with Crippen LogP contribution in [-0.4, -0.2) is 16.1 Å². The molecule has 0 saturated heterocycles. The third-order valence-electron chi connectivity index (χ3n) is 5.18. The van der Waals surface area contributed by atoms with Gasteiger partial charge in [0.2, 0.25) is 5.91 Å². The number of carbonyl (C=O) groups excluding carboxylic acids is 1. The lowest BCUT2D eigenvalue weighted by atomic mass is 10.1. The van der Waals surface area contributed by atoms with Gasteiger partial charge in [-0.3, -0.25) is 15.0 Å². The topological polar surface area (TPSA) is 71.5 Å². The number of nitrogens with zero attached hydrogens (tertiary/aromatic N) is 1. The molecule has 2 atom stereocenters. The van der Waals surface area contributed by atoms with Crippen LogP contribution in [0.5, 0.6) is 5.75 Å². The number of hydrogen-bond donors (Lipinski definition) is 2. The molecule has 1 heterocycles. The number of ether oxygens (including phenoxy) is 1. The summed E-state index contributed by atoms with van der Waals surface area (Å²) in [5.74, 6) is 0.700. The molecule has 1 saturated carbocycles. The largest absolute Gasteiger partial charge is 0.488 e. The van der Waals surface area contributed by atoms with E-state index in [0.29, 0.717) is 6.61 Å². The number of amides is 1. The summed E-state index contributed by atoms with van der Waals surface area (Å²) >= 11 is 3.60. The molecule has 3 aromatic rings. The van der Waals surface area contributed by atoms with Crippen LogP contribution < -0.4 is 10.2 Å². The van der Waals surface area contributed by atoms with Gasteiger partial charge in [-0.1, -0.05) is 24.3 Å². The van der Waals surface area contributed by atoms with E-state index in [1.165, 1.54) is 0 Å². The van der Waals surface area contributed by atoms with E-state index in [1.54, 1.807) is 5.48 Å². The van der Waals surface area contributed by atoms with E-state index in [2.05, 4.69) is 33.0 Å². The van der Waals surface area contributed by atoms with Crippen LogP contribution in [0.3, 0.4) is 0 Å². The van der Waals surface area contributed by atoms with E-state index in [0.717, 1.165) is 50.8 Å². The van der Waals surface area contributed by atoms with E-state index in [1.807, 2.05) is 43.3 Å². The van der Waals surface area contributed by atoms with Crippen LogP contribution >= 0.6 is 15.9 Å². The Kier molecular flexibility index (Phi) is 5.33.